The van der Waals surface area contributed by atoms with Gasteiger partial charge in [-0.1, -0.05) is 12.1 Å². The zero-order chi connectivity index (χ0) is 16.4. The van der Waals surface area contributed by atoms with Gasteiger partial charge in [-0.2, -0.15) is 0 Å². The van der Waals surface area contributed by atoms with Crippen LogP contribution in [0.4, 0.5) is 4.79 Å². The van der Waals surface area contributed by atoms with E-state index in [1.165, 1.54) is 0 Å². The number of urea groups is 1. The average molecular weight is 317 g/mol. The second kappa shape index (κ2) is 6.29. The van der Waals surface area contributed by atoms with Crippen LogP contribution in [0.2, 0.25) is 0 Å². The Morgan fingerprint density at radius 2 is 2.13 bits per heavy atom. The number of rotatable bonds is 5. The molecule has 0 saturated carbocycles. The maximum atomic E-state index is 12.7. The number of methoxy groups -OCH3 is 2. The van der Waals surface area contributed by atoms with Gasteiger partial charge >= 0.3 is 6.03 Å². The predicted octanol–water partition coefficient (Wildman–Crippen LogP) is 0.792. The Morgan fingerprint density at radius 3 is 2.87 bits per heavy atom. The van der Waals surface area contributed by atoms with Crippen molar-refractivity contribution in [2.45, 2.75) is 6.04 Å². The minimum absolute atomic E-state index is 0.0858. The standard InChI is InChI=1S/C16H19N3O4/c1-22-7-6-19-9-12-13(15(19)20)14(18-16(21)17-12)10-4-3-5-11(8-10)23-2/h3-5,8,14H,6-7,9H2,1-2H3,(H2,17,18,21). The van der Waals surface area contributed by atoms with Gasteiger partial charge in [0.25, 0.3) is 5.91 Å². The van der Waals surface area contributed by atoms with Crippen LogP contribution in [0.15, 0.2) is 35.5 Å². The van der Waals surface area contributed by atoms with Gasteiger partial charge in [-0.25, -0.2) is 4.79 Å². The maximum Gasteiger partial charge on any atom is 0.319 e. The monoisotopic (exact) mass is 317 g/mol. The van der Waals surface area contributed by atoms with Gasteiger partial charge in [0, 0.05) is 13.7 Å². The first kappa shape index (κ1) is 15.4. The lowest BCUT2D eigenvalue weighted by atomic mass is 9.96. The molecule has 7 nitrogen and oxygen atoms in total. The lowest BCUT2D eigenvalue weighted by Crippen LogP contribution is -2.44. The van der Waals surface area contributed by atoms with E-state index in [9.17, 15) is 9.59 Å². The molecule has 0 fully saturated rings. The van der Waals surface area contributed by atoms with Crippen molar-refractivity contribution >= 4 is 11.9 Å². The summed E-state index contributed by atoms with van der Waals surface area (Å²) in [5.41, 5.74) is 2.05. The summed E-state index contributed by atoms with van der Waals surface area (Å²) in [5, 5.41) is 5.56. The Kier molecular flexibility index (Phi) is 4.20. The van der Waals surface area contributed by atoms with Crippen molar-refractivity contribution in [1.29, 1.82) is 0 Å². The molecule has 122 valence electrons. The average Bonchev–Trinajstić information content (AvgIpc) is 2.88. The van der Waals surface area contributed by atoms with E-state index in [4.69, 9.17) is 9.47 Å². The molecule has 0 radical (unpaired) electrons. The minimum Gasteiger partial charge on any atom is -0.497 e. The lowest BCUT2D eigenvalue weighted by Gasteiger charge is -2.25. The third-order valence-corrected chi connectivity index (χ3v) is 4.01. The van der Waals surface area contributed by atoms with Crippen LogP contribution in [0.1, 0.15) is 11.6 Å². The highest BCUT2D eigenvalue weighted by Gasteiger charge is 2.40. The number of carbonyl (C=O) groups is 2. The molecule has 3 amide bonds. The quantitative estimate of drug-likeness (QED) is 0.841. The zero-order valence-corrected chi connectivity index (χ0v) is 13.1. The highest BCUT2D eigenvalue weighted by Crippen LogP contribution is 2.33. The van der Waals surface area contributed by atoms with Crippen LogP contribution < -0.4 is 15.4 Å². The summed E-state index contributed by atoms with van der Waals surface area (Å²) in [7, 11) is 3.17. The van der Waals surface area contributed by atoms with Crippen molar-refractivity contribution < 1.29 is 19.1 Å². The number of nitrogens with one attached hydrogen (secondary N) is 2. The molecule has 0 spiro atoms. The van der Waals surface area contributed by atoms with E-state index in [1.807, 2.05) is 24.3 Å². The number of hydrogen-bond acceptors (Lipinski definition) is 4. The van der Waals surface area contributed by atoms with Gasteiger partial charge < -0.3 is 25.0 Å². The van der Waals surface area contributed by atoms with Crippen LogP contribution in [0, 0.1) is 0 Å². The first-order valence-corrected chi connectivity index (χ1v) is 7.36. The molecule has 0 bridgehead atoms. The molecule has 0 aromatic heterocycles. The van der Waals surface area contributed by atoms with Crippen molar-refractivity contribution in [3.8, 4) is 5.75 Å². The molecule has 1 aromatic carbocycles. The molecule has 2 N–H and O–H groups in total. The molecule has 7 heteroatoms. The molecule has 0 aliphatic carbocycles. The molecule has 23 heavy (non-hydrogen) atoms. The second-order valence-corrected chi connectivity index (χ2v) is 5.42. The molecule has 2 aliphatic rings. The Balaban J connectivity index is 1.92. The topological polar surface area (TPSA) is 79.9 Å². The SMILES string of the molecule is COCCN1CC2=C(C1=O)C(c1cccc(OC)c1)NC(=O)N2. The number of amides is 3. The van der Waals surface area contributed by atoms with Crippen LogP contribution in [0.5, 0.6) is 5.75 Å². The Morgan fingerprint density at radius 1 is 1.30 bits per heavy atom. The van der Waals surface area contributed by atoms with Crippen molar-refractivity contribution in [3.63, 3.8) is 0 Å². The third kappa shape index (κ3) is 2.87. The van der Waals surface area contributed by atoms with Gasteiger partial charge in [0.05, 0.1) is 37.6 Å². The maximum absolute atomic E-state index is 12.7. The molecule has 0 saturated heterocycles. The molecular formula is C16H19N3O4. The smallest absolute Gasteiger partial charge is 0.319 e. The molecule has 3 rings (SSSR count). The van der Waals surface area contributed by atoms with E-state index < -0.39 is 6.04 Å². The minimum atomic E-state index is -0.478. The van der Waals surface area contributed by atoms with Crippen LogP contribution in [-0.2, 0) is 9.53 Å². The molecule has 2 aliphatic heterocycles. The highest BCUT2D eigenvalue weighted by atomic mass is 16.5. The van der Waals surface area contributed by atoms with E-state index >= 15 is 0 Å². The van der Waals surface area contributed by atoms with Crippen LogP contribution in [0.3, 0.4) is 0 Å². The third-order valence-electron chi connectivity index (χ3n) is 4.01. The van der Waals surface area contributed by atoms with Crippen LogP contribution >= 0.6 is 0 Å². The Bertz CT molecular complexity index is 671. The fourth-order valence-electron chi connectivity index (χ4n) is 2.88. The fourth-order valence-corrected chi connectivity index (χ4v) is 2.88. The van der Waals surface area contributed by atoms with E-state index in [1.54, 1.807) is 19.1 Å². The van der Waals surface area contributed by atoms with Gasteiger partial charge in [-0.15, -0.1) is 0 Å². The van der Waals surface area contributed by atoms with Gasteiger partial charge in [-0.05, 0) is 17.7 Å². The largest absolute Gasteiger partial charge is 0.497 e. The highest BCUT2D eigenvalue weighted by molar-refractivity contribution is 6.01. The van der Waals surface area contributed by atoms with E-state index in [2.05, 4.69) is 10.6 Å². The number of nitrogens with zero attached hydrogens (tertiary/aromatic N) is 1. The van der Waals surface area contributed by atoms with Crippen molar-refractivity contribution in [1.82, 2.24) is 15.5 Å². The van der Waals surface area contributed by atoms with Crippen LogP contribution in [-0.4, -0.2) is 50.8 Å². The number of hydrogen-bond donors (Lipinski definition) is 2. The van der Waals surface area contributed by atoms with Gasteiger partial charge in [0.2, 0.25) is 0 Å². The first-order chi connectivity index (χ1) is 11.1. The van der Waals surface area contributed by atoms with E-state index in [0.717, 1.165) is 5.56 Å². The summed E-state index contributed by atoms with van der Waals surface area (Å²) in [6, 6.07) is 6.57. The predicted molar refractivity (Wildman–Crippen MR) is 82.9 cm³/mol. The number of benzene rings is 1. The van der Waals surface area contributed by atoms with Gasteiger partial charge in [-0.3, -0.25) is 4.79 Å². The normalized spacial score (nSPS) is 20.3. The summed E-state index contributed by atoms with van der Waals surface area (Å²) in [6.45, 7) is 1.34. The van der Waals surface area contributed by atoms with Gasteiger partial charge in [0.1, 0.15) is 5.75 Å². The van der Waals surface area contributed by atoms with Crippen molar-refractivity contribution in [2.24, 2.45) is 0 Å². The second-order valence-electron chi connectivity index (χ2n) is 5.42. The number of carbonyl (C=O) groups excluding carboxylic acids is 2. The van der Waals surface area contributed by atoms with Crippen molar-refractivity contribution in [2.75, 3.05) is 33.9 Å². The summed E-state index contributed by atoms with van der Waals surface area (Å²) < 4.78 is 10.3. The fraction of sp³-hybridized carbons (Fsp3) is 0.375. The first-order valence-electron chi connectivity index (χ1n) is 7.36. The summed E-state index contributed by atoms with van der Waals surface area (Å²) in [6.07, 6.45) is 0. The van der Waals surface area contributed by atoms with E-state index in [0.29, 0.717) is 36.7 Å². The molecule has 1 aromatic rings. The van der Waals surface area contributed by atoms with Crippen LogP contribution in [0.25, 0.3) is 0 Å². The summed E-state index contributed by atoms with van der Waals surface area (Å²) >= 11 is 0. The Hall–Kier alpha value is -2.54. The zero-order valence-electron chi connectivity index (χ0n) is 13.1. The Labute approximate surface area is 134 Å². The molecule has 2 heterocycles. The van der Waals surface area contributed by atoms with Crippen molar-refractivity contribution in [3.05, 3.63) is 41.1 Å². The lowest BCUT2D eigenvalue weighted by molar-refractivity contribution is -0.126. The number of ether oxygens (including phenoxy) is 2. The van der Waals surface area contributed by atoms with Gasteiger partial charge in [0.15, 0.2) is 0 Å². The molecule has 1 atom stereocenters. The summed E-state index contributed by atoms with van der Waals surface area (Å²) in [5.74, 6) is 0.594. The van der Waals surface area contributed by atoms with E-state index in [-0.39, 0.29) is 11.9 Å². The molecular weight excluding hydrogens is 298 g/mol. The summed E-state index contributed by atoms with van der Waals surface area (Å²) in [4.78, 5) is 26.3. The molecule has 1 unspecified atom stereocenters.